The fourth-order valence-corrected chi connectivity index (χ4v) is 4.45. The summed E-state index contributed by atoms with van der Waals surface area (Å²) < 4.78 is 15.3. The molecular formula is C21H24FN3O3. The second-order valence-corrected chi connectivity index (χ2v) is 7.68. The number of hydrogen-bond acceptors (Lipinski definition) is 3. The van der Waals surface area contributed by atoms with Crippen molar-refractivity contribution in [2.45, 2.75) is 57.4 Å². The number of nitrogens with zero attached hydrogens (tertiary/aromatic N) is 2. The van der Waals surface area contributed by atoms with Crippen molar-refractivity contribution in [3.63, 3.8) is 0 Å². The van der Waals surface area contributed by atoms with Crippen LogP contribution in [0.5, 0.6) is 0 Å². The first-order chi connectivity index (χ1) is 13.5. The number of carboxylic acid groups (broad SMARTS) is 1. The van der Waals surface area contributed by atoms with E-state index in [9.17, 15) is 19.1 Å². The molecule has 1 saturated carbocycles. The number of aliphatic carboxylic acids is 1. The van der Waals surface area contributed by atoms with Gasteiger partial charge in [-0.2, -0.15) is 5.10 Å². The van der Waals surface area contributed by atoms with Crippen LogP contribution in [0.25, 0.3) is 5.69 Å². The Balaban J connectivity index is 1.63. The molecule has 4 rings (SSSR count). The van der Waals surface area contributed by atoms with E-state index in [1.165, 1.54) is 12.1 Å². The molecular weight excluding hydrogens is 361 g/mol. The van der Waals surface area contributed by atoms with E-state index >= 15 is 0 Å². The Kier molecular flexibility index (Phi) is 5.15. The van der Waals surface area contributed by atoms with Crippen LogP contribution in [0.2, 0.25) is 0 Å². The number of rotatable bonds is 4. The van der Waals surface area contributed by atoms with Crippen LogP contribution in [0.1, 0.15) is 60.3 Å². The smallest absolute Gasteiger partial charge is 0.308 e. The van der Waals surface area contributed by atoms with Gasteiger partial charge in [0.05, 0.1) is 11.6 Å². The third-order valence-electron chi connectivity index (χ3n) is 5.85. The molecule has 1 aromatic carbocycles. The van der Waals surface area contributed by atoms with Gasteiger partial charge in [0.25, 0.3) is 5.91 Å². The van der Waals surface area contributed by atoms with Crippen LogP contribution in [-0.2, 0) is 17.6 Å². The van der Waals surface area contributed by atoms with Crippen LogP contribution in [0.4, 0.5) is 4.39 Å². The summed E-state index contributed by atoms with van der Waals surface area (Å²) in [4.78, 5) is 24.6. The molecule has 2 aliphatic rings. The lowest BCUT2D eigenvalue weighted by atomic mass is 9.94. The molecule has 1 amide bonds. The summed E-state index contributed by atoms with van der Waals surface area (Å²) in [7, 11) is 0. The number of nitrogens with one attached hydrogen (secondary N) is 1. The summed E-state index contributed by atoms with van der Waals surface area (Å²) in [5.74, 6) is -2.10. The number of amides is 1. The van der Waals surface area contributed by atoms with Gasteiger partial charge in [0, 0.05) is 17.3 Å². The third-order valence-corrected chi connectivity index (χ3v) is 5.85. The molecule has 28 heavy (non-hydrogen) atoms. The Morgan fingerprint density at radius 2 is 1.96 bits per heavy atom. The minimum atomic E-state index is -0.859. The average molecular weight is 385 g/mol. The van der Waals surface area contributed by atoms with Crippen molar-refractivity contribution in [1.29, 1.82) is 0 Å². The molecule has 2 aliphatic carbocycles. The monoisotopic (exact) mass is 385 g/mol. The second kappa shape index (κ2) is 7.73. The lowest BCUT2D eigenvalue weighted by Crippen LogP contribution is -2.43. The van der Waals surface area contributed by atoms with Crippen molar-refractivity contribution in [1.82, 2.24) is 15.1 Å². The number of aromatic nitrogens is 2. The number of halogens is 1. The summed E-state index contributed by atoms with van der Waals surface area (Å²) >= 11 is 0. The Labute approximate surface area is 162 Å². The normalized spacial score (nSPS) is 21.8. The van der Waals surface area contributed by atoms with Crippen LogP contribution in [0.3, 0.4) is 0 Å². The fourth-order valence-electron chi connectivity index (χ4n) is 4.45. The molecule has 1 fully saturated rings. The zero-order valence-electron chi connectivity index (χ0n) is 15.7. The molecule has 0 saturated heterocycles. The van der Waals surface area contributed by atoms with Gasteiger partial charge in [0.1, 0.15) is 5.82 Å². The third kappa shape index (κ3) is 3.53. The lowest BCUT2D eigenvalue weighted by Gasteiger charge is -2.22. The number of carbonyl (C=O) groups is 2. The Morgan fingerprint density at radius 3 is 2.75 bits per heavy atom. The van der Waals surface area contributed by atoms with Crippen molar-refractivity contribution < 1.29 is 19.1 Å². The van der Waals surface area contributed by atoms with Crippen molar-refractivity contribution in [2.24, 2.45) is 5.92 Å². The lowest BCUT2D eigenvalue weighted by molar-refractivity contribution is -0.142. The van der Waals surface area contributed by atoms with E-state index in [1.54, 1.807) is 16.8 Å². The largest absolute Gasteiger partial charge is 0.481 e. The minimum absolute atomic E-state index is 0.327. The molecule has 0 bridgehead atoms. The minimum Gasteiger partial charge on any atom is -0.481 e. The first-order valence-electron chi connectivity index (χ1n) is 9.95. The van der Waals surface area contributed by atoms with Crippen LogP contribution >= 0.6 is 0 Å². The second-order valence-electron chi connectivity index (χ2n) is 7.68. The first kappa shape index (κ1) is 18.7. The van der Waals surface area contributed by atoms with Gasteiger partial charge in [-0.05, 0) is 50.3 Å². The van der Waals surface area contributed by atoms with E-state index in [1.807, 2.05) is 0 Å². The van der Waals surface area contributed by atoms with Crippen molar-refractivity contribution in [2.75, 3.05) is 0 Å². The van der Waals surface area contributed by atoms with Gasteiger partial charge in [0.15, 0.2) is 5.69 Å². The van der Waals surface area contributed by atoms with Crippen LogP contribution in [0.15, 0.2) is 24.3 Å². The number of fused-ring (bicyclic) bond motifs is 1. The quantitative estimate of drug-likeness (QED) is 0.791. The average Bonchev–Trinajstić information content (AvgIpc) is 3.18. The SMILES string of the molecule is O=C(N[C@H]1CCCCC[C@H]1C(=O)O)c1nn(-c2cccc(F)c2)c2c1CCC2. The van der Waals surface area contributed by atoms with E-state index in [0.717, 1.165) is 49.8 Å². The number of benzene rings is 1. The van der Waals surface area contributed by atoms with Gasteiger partial charge in [0.2, 0.25) is 0 Å². The zero-order chi connectivity index (χ0) is 19.7. The van der Waals surface area contributed by atoms with Gasteiger partial charge in [-0.15, -0.1) is 0 Å². The number of hydrogen-bond donors (Lipinski definition) is 2. The highest BCUT2D eigenvalue weighted by Gasteiger charge is 2.33. The van der Waals surface area contributed by atoms with Gasteiger partial charge in [-0.25, -0.2) is 9.07 Å². The molecule has 2 atom stereocenters. The van der Waals surface area contributed by atoms with E-state index in [2.05, 4.69) is 10.4 Å². The summed E-state index contributed by atoms with van der Waals surface area (Å²) in [5, 5.41) is 17.0. The molecule has 1 aromatic heterocycles. The predicted molar refractivity (Wildman–Crippen MR) is 101 cm³/mol. The molecule has 1 heterocycles. The predicted octanol–water partition coefficient (Wildman–Crippen LogP) is 3.26. The standard InChI is InChI=1S/C21H24FN3O3/c22-13-6-4-7-14(12-13)25-18-11-5-9-16(18)19(24-25)20(26)23-17-10-3-1-2-8-15(17)21(27)28/h4,6-7,12,15,17H,1-3,5,8-11H2,(H,23,26)(H,27,28)/t15-,17+/m1/s1. The maximum absolute atomic E-state index is 13.7. The Bertz CT molecular complexity index is 908. The molecule has 2 aromatic rings. The maximum Gasteiger partial charge on any atom is 0.308 e. The van der Waals surface area contributed by atoms with Crippen LogP contribution < -0.4 is 5.32 Å². The molecule has 148 valence electrons. The molecule has 7 heteroatoms. The molecule has 6 nitrogen and oxygen atoms in total. The summed E-state index contributed by atoms with van der Waals surface area (Å²) in [6.07, 6.45) is 6.46. The van der Waals surface area contributed by atoms with Crippen molar-refractivity contribution >= 4 is 11.9 Å². The van der Waals surface area contributed by atoms with E-state index in [-0.39, 0.29) is 17.8 Å². The first-order valence-corrected chi connectivity index (χ1v) is 9.95. The highest BCUT2D eigenvalue weighted by atomic mass is 19.1. The van der Waals surface area contributed by atoms with E-state index < -0.39 is 11.9 Å². The van der Waals surface area contributed by atoms with Crippen LogP contribution in [-0.4, -0.2) is 32.8 Å². The molecule has 0 unspecified atom stereocenters. The van der Waals surface area contributed by atoms with Gasteiger partial charge in [-0.3, -0.25) is 9.59 Å². The van der Waals surface area contributed by atoms with Gasteiger partial charge < -0.3 is 10.4 Å². The molecule has 2 N–H and O–H groups in total. The summed E-state index contributed by atoms with van der Waals surface area (Å²) in [6, 6.07) is 5.78. The Hall–Kier alpha value is -2.70. The highest BCUT2D eigenvalue weighted by Crippen LogP contribution is 2.29. The fraction of sp³-hybridized carbons (Fsp3) is 0.476. The van der Waals surface area contributed by atoms with E-state index in [4.69, 9.17) is 0 Å². The number of carboxylic acids is 1. The van der Waals surface area contributed by atoms with Gasteiger partial charge in [-0.1, -0.05) is 25.3 Å². The number of carbonyl (C=O) groups excluding carboxylic acids is 1. The topological polar surface area (TPSA) is 84.2 Å². The maximum atomic E-state index is 13.7. The molecule has 0 spiro atoms. The summed E-state index contributed by atoms with van der Waals surface area (Å²) in [6.45, 7) is 0. The van der Waals surface area contributed by atoms with E-state index in [0.29, 0.717) is 24.2 Å². The van der Waals surface area contributed by atoms with Crippen LogP contribution in [0, 0.1) is 11.7 Å². The van der Waals surface area contributed by atoms with Crippen molar-refractivity contribution in [3.8, 4) is 5.69 Å². The zero-order valence-corrected chi connectivity index (χ0v) is 15.7. The Morgan fingerprint density at radius 1 is 1.14 bits per heavy atom. The van der Waals surface area contributed by atoms with Gasteiger partial charge >= 0.3 is 5.97 Å². The molecule has 0 radical (unpaired) electrons. The van der Waals surface area contributed by atoms with Crippen molar-refractivity contribution in [3.05, 3.63) is 47.0 Å². The highest BCUT2D eigenvalue weighted by molar-refractivity contribution is 5.94. The summed E-state index contributed by atoms with van der Waals surface area (Å²) in [5.41, 5.74) is 2.76. The molecule has 0 aliphatic heterocycles.